The number of carbonyl (C=O) groups excluding carboxylic acids is 3. The molecule has 2 heterocycles. The van der Waals surface area contributed by atoms with Crippen molar-refractivity contribution in [2.45, 2.75) is 33.7 Å². The standard InChI is InChI=1S/C22H23N3O5/c1-13-10-18(16(4)25(13)20-11-14(2)30-24-20)19(26)12-29-22(28)15(3)23-21(27)17-8-6-5-7-9-17/h5-11,15H,12H2,1-4H3,(H,23,27). The molecule has 0 fully saturated rings. The molecule has 1 aromatic carbocycles. The van der Waals surface area contributed by atoms with E-state index in [9.17, 15) is 14.4 Å². The Morgan fingerprint density at radius 1 is 1.13 bits per heavy atom. The number of aromatic nitrogens is 2. The molecule has 2 aromatic heterocycles. The maximum Gasteiger partial charge on any atom is 0.328 e. The quantitative estimate of drug-likeness (QED) is 0.475. The third-order valence-corrected chi connectivity index (χ3v) is 4.66. The lowest BCUT2D eigenvalue weighted by Gasteiger charge is -2.13. The summed E-state index contributed by atoms with van der Waals surface area (Å²) in [5.41, 5.74) is 2.34. The number of aryl methyl sites for hydroxylation is 2. The summed E-state index contributed by atoms with van der Waals surface area (Å²) >= 11 is 0. The molecule has 30 heavy (non-hydrogen) atoms. The minimum absolute atomic E-state index is 0.343. The van der Waals surface area contributed by atoms with Crippen LogP contribution in [0.2, 0.25) is 0 Å². The van der Waals surface area contributed by atoms with E-state index in [1.54, 1.807) is 60.9 Å². The highest BCUT2D eigenvalue weighted by molar-refractivity contribution is 6.00. The van der Waals surface area contributed by atoms with Gasteiger partial charge in [-0.15, -0.1) is 0 Å². The van der Waals surface area contributed by atoms with Gasteiger partial charge < -0.3 is 14.6 Å². The summed E-state index contributed by atoms with van der Waals surface area (Å²) in [7, 11) is 0. The SMILES string of the molecule is Cc1cc(-n2c(C)cc(C(=O)COC(=O)C(C)NC(=O)c3ccccc3)c2C)no1. The molecule has 1 unspecified atom stereocenters. The summed E-state index contributed by atoms with van der Waals surface area (Å²) < 4.78 is 12.0. The van der Waals surface area contributed by atoms with Gasteiger partial charge in [-0.1, -0.05) is 23.4 Å². The maximum absolute atomic E-state index is 12.6. The Morgan fingerprint density at radius 3 is 2.47 bits per heavy atom. The molecule has 0 aliphatic heterocycles. The topological polar surface area (TPSA) is 103 Å². The average molecular weight is 409 g/mol. The molecule has 3 rings (SSSR count). The van der Waals surface area contributed by atoms with Crippen molar-refractivity contribution in [3.05, 3.63) is 70.7 Å². The highest BCUT2D eigenvalue weighted by Gasteiger charge is 2.22. The van der Waals surface area contributed by atoms with Gasteiger partial charge in [-0.25, -0.2) is 4.79 Å². The third-order valence-electron chi connectivity index (χ3n) is 4.66. The first kappa shape index (κ1) is 21.0. The van der Waals surface area contributed by atoms with Gasteiger partial charge in [0.05, 0.1) is 0 Å². The van der Waals surface area contributed by atoms with E-state index in [-0.39, 0.29) is 5.78 Å². The van der Waals surface area contributed by atoms with Crippen molar-refractivity contribution in [2.75, 3.05) is 6.61 Å². The van der Waals surface area contributed by atoms with E-state index in [2.05, 4.69) is 10.5 Å². The lowest BCUT2D eigenvalue weighted by atomic mass is 10.1. The fraction of sp³-hybridized carbons (Fsp3) is 0.273. The number of Topliss-reactive ketones (excluding diaryl/α,β-unsaturated/α-hetero) is 1. The molecule has 1 N–H and O–H groups in total. The number of nitrogens with one attached hydrogen (secondary N) is 1. The molecule has 1 atom stereocenters. The highest BCUT2D eigenvalue weighted by Crippen LogP contribution is 2.21. The number of hydrogen-bond donors (Lipinski definition) is 1. The fourth-order valence-electron chi connectivity index (χ4n) is 3.12. The van der Waals surface area contributed by atoms with Crippen molar-refractivity contribution in [1.82, 2.24) is 15.0 Å². The van der Waals surface area contributed by atoms with Crippen LogP contribution in [-0.4, -0.2) is 40.0 Å². The molecule has 0 spiro atoms. The summed E-state index contributed by atoms with van der Waals surface area (Å²) in [5.74, 6) is -0.183. The van der Waals surface area contributed by atoms with Crippen molar-refractivity contribution in [3.63, 3.8) is 0 Å². The largest absolute Gasteiger partial charge is 0.456 e. The number of amides is 1. The first-order chi connectivity index (χ1) is 14.3. The normalized spacial score (nSPS) is 11.7. The van der Waals surface area contributed by atoms with Crippen LogP contribution in [0.3, 0.4) is 0 Å². The third kappa shape index (κ3) is 4.48. The Balaban J connectivity index is 1.61. The summed E-state index contributed by atoms with van der Waals surface area (Å²) in [6, 6.07) is 11.1. The van der Waals surface area contributed by atoms with E-state index in [1.807, 2.05) is 6.92 Å². The second-order valence-electron chi connectivity index (χ2n) is 7.01. The number of carbonyl (C=O) groups is 3. The van der Waals surface area contributed by atoms with Gasteiger partial charge in [0.15, 0.2) is 12.4 Å². The second kappa shape index (κ2) is 8.77. The maximum atomic E-state index is 12.6. The summed E-state index contributed by atoms with van der Waals surface area (Å²) in [5, 5.41) is 6.54. The van der Waals surface area contributed by atoms with Gasteiger partial charge in [0.1, 0.15) is 11.8 Å². The van der Waals surface area contributed by atoms with Crippen LogP contribution in [0.4, 0.5) is 0 Å². The zero-order chi connectivity index (χ0) is 21.8. The summed E-state index contributed by atoms with van der Waals surface area (Å²) in [6.45, 7) is 6.50. The number of rotatable bonds is 7. The monoisotopic (exact) mass is 409 g/mol. The smallest absolute Gasteiger partial charge is 0.328 e. The van der Waals surface area contributed by atoms with Gasteiger partial charge in [0.25, 0.3) is 5.91 Å². The Kier molecular flexibility index (Phi) is 6.15. The van der Waals surface area contributed by atoms with E-state index in [0.717, 1.165) is 5.69 Å². The van der Waals surface area contributed by atoms with Crippen LogP contribution in [0.25, 0.3) is 5.82 Å². The lowest BCUT2D eigenvalue weighted by Crippen LogP contribution is -2.40. The number of benzene rings is 1. The molecule has 0 aliphatic rings. The zero-order valence-corrected chi connectivity index (χ0v) is 17.3. The number of hydrogen-bond acceptors (Lipinski definition) is 6. The van der Waals surface area contributed by atoms with Crippen LogP contribution in [0.1, 0.15) is 44.8 Å². The molecule has 0 saturated carbocycles. The number of nitrogens with zero attached hydrogens (tertiary/aromatic N) is 2. The Labute approximate surface area is 173 Å². The van der Waals surface area contributed by atoms with Crippen molar-refractivity contribution in [2.24, 2.45) is 0 Å². The zero-order valence-electron chi connectivity index (χ0n) is 17.3. The highest BCUT2D eigenvalue weighted by atomic mass is 16.5. The van der Waals surface area contributed by atoms with Crippen LogP contribution >= 0.6 is 0 Å². The number of ether oxygens (including phenoxy) is 1. The van der Waals surface area contributed by atoms with Crippen molar-refractivity contribution < 1.29 is 23.6 Å². The summed E-state index contributed by atoms with van der Waals surface area (Å²) in [4.78, 5) is 37.0. The van der Waals surface area contributed by atoms with E-state index in [0.29, 0.717) is 28.4 Å². The van der Waals surface area contributed by atoms with Gasteiger partial charge in [0.2, 0.25) is 5.78 Å². The number of ketones is 1. The molecule has 156 valence electrons. The van der Waals surface area contributed by atoms with Crippen LogP contribution in [0, 0.1) is 20.8 Å². The van der Waals surface area contributed by atoms with Crippen molar-refractivity contribution in [1.29, 1.82) is 0 Å². The van der Waals surface area contributed by atoms with E-state index >= 15 is 0 Å². The van der Waals surface area contributed by atoms with E-state index in [1.165, 1.54) is 6.92 Å². The lowest BCUT2D eigenvalue weighted by molar-refractivity contribution is -0.144. The van der Waals surface area contributed by atoms with E-state index < -0.39 is 24.5 Å². The molecule has 0 aliphatic carbocycles. The van der Waals surface area contributed by atoms with Crippen molar-refractivity contribution >= 4 is 17.7 Å². The molecule has 0 radical (unpaired) electrons. The first-order valence-electron chi connectivity index (χ1n) is 9.46. The Bertz CT molecular complexity index is 1080. The van der Waals surface area contributed by atoms with Crippen molar-refractivity contribution in [3.8, 4) is 5.82 Å². The first-order valence-corrected chi connectivity index (χ1v) is 9.46. The molecule has 0 saturated heterocycles. The Hall–Kier alpha value is -3.68. The fourth-order valence-corrected chi connectivity index (χ4v) is 3.12. The van der Waals surface area contributed by atoms with Crippen LogP contribution in [0.5, 0.6) is 0 Å². The van der Waals surface area contributed by atoms with Gasteiger partial charge in [-0.05, 0) is 45.9 Å². The van der Waals surface area contributed by atoms with Crippen LogP contribution in [0.15, 0.2) is 47.0 Å². The van der Waals surface area contributed by atoms with Gasteiger partial charge in [-0.3, -0.25) is 14.2 Å². The second-order valence-corrected chi connectivity index (χ2v) is 7.01. The minimum atomic E-state index is -0.893. The minimum Gasteiger partial charge on any atom is -0.456 e. The molecule has 0 bridgehead atoms. The average Bonchev–Trinajstić information content (AvgIpc) is 3.28. The molecule has 8 nitrogen and oxygen atoms in total. The van der Waals surface area contributed by atoms with Crippen LogP contribution in [-0.2, 0) is 9.53 Å². The molecular formula is C22H23N3O5. The molecule has 3 aromatic rings. The summed E-state index contributed by atoms with van der Waals surface area (Å²) in [6.07, 6.45) is 0. The van der Waals surface area contributed by atoms with Gasteiger partial charge >= 0.3 is 5.97 Å². The predicted octanol–water partition coefficient (Wildman–Crippen LogP) is 2.93. The predicted molar refractivity (Wildman–Crippen MR) is 109 cm³/mol. The van der Waals surface area contributed by atoms with E-state index in [4.69, 9.17) is 9.26 Å². The number of esters is 1. The molecule has 8 heteroatoms. The van der Waals surface area contributed by atoms with Gasteiger partial charge in [0, 0.05) is 28.6 Å². The molecule has 1 amide bonds. The van der Waals surface area contributed by atoms with Crippen LogP contribution < -0.4 is 5.32 Å². The molecular weight excluding hydrogens is 386 g/mol. The Morgan fingerprint density at radius 2 is 1.83 bits per heavy atom. The van der Waals surface area contributed by atoms with Gasteiger partial charge in [-0.2, -0.15) is 0 Å².